The van der Waals surface area contributed by atoms with Gasteiger partial charge in [0.15, 0.2) is 5.65 Å². The number of aryl methyl sites for hydroxylation is 1. The molecule has 0 radical (unpaired) electrons. The highest BCUT2D eigenvalue weighted by molar-refractivity contribution is 7.91. The summed E-state index contributed by atoms with van der Waals surface area (Å²) in [7, 11) is -0.217. The monoisotopic (exact) mass is 453 g/mol. The van der Waals surface area contributed by atoms with Crippen LogP contribution < -0.4 is 0 Å². The molecule has 158 valence electrons. The van der Waals surface area contributed by atoms with E-state index in [4.69, 9.17) is 11.6 Å². The Morgan fingerprint density at radius 3 is 2.32 bits per heavy atom. The molecule has 0 fully saturated rings. The van der Waals surface area contributed by atoms with Crippen molar-refractivity contribution in [3.05, 3.63) is 77.2 Å². The molecule has 31 heavy (non-hydrogen) atoms. The highest BCUT2D eigenvalue weighted by atomic mass is 35.5. The van der Waals surface area contributed by atoms with Crippen molar-refractivity contribution < 1.29 is 8.42 Å². The molecule has 0 bridgehead atoms. The largest absolute Gasteiger partial charge is 0.383 e. The fourth-order valence-electron chi connectivity index (χ4n) is 3.06. The molecule has 0 saturated carbocycles. The van der Waals surface area contributed by atoms with E-state index in [0.29, 0.717) is 16.4 Å². The molecule has 7 nitrogen and oxygen atoms in total. The zero-order valence-electron chi connectivity index (χ0n) is 17.2. The van der Waals surface area contributed by atoms with E-state index in [0.717, 1.165) is 16.7 Å². The topological polar surface area (TPSA) is 80.5 Å². The lowest BCUT2D eigenvalue weighted by atomic mass is 10.1. The van der Waals surface area contributed by atoms with Gasteiger partial charge in [-0.05, 0) is 42.8 Å². The van der Waals surface area contributed by atoms with Crippen molar-refractivity contribution in [3.8, 4) is 11.1 Å². The van der Waals surface area contributed by atoms with E-state index in [-0.39, 0.29) is 9.92 Å². The van der Waals surface area contributed by atoms with E-state index in [1.807, 2.05) is 33.2 Å². The summed E-state index contributed by atoms with van der Waals surface area (Å²) in [6, 6.07) is 13.9. The first kappa shape index (κ1) is 21.0. The van der Waals surface area contributed by atoms with Crippen LogP contribution in [0.25, 0.3) is 22.9 Å². The lowest BCUT2D eigenvalue weighted by Crippen LogP contribution is -2.13. The second kappa shape index (κ2) is 8.13. The van der Waals surface area contributed by atoms with Gasteiger partial charge >= 0.3 is 0 Å². The quantitative estimate of drug-likeness (QED) is 0.452. The lowest BCUT2D eigenvalue weighted by molar-refractivity contribution is 0.566. The third-order valence-electron chi connectivity index (χ3n) is 4.70. The molecule has 2 aromatic heterocycles. The molecule has 0 aliphatic rings. The molecule has 0 N–H and O–H groups in total. The van der Waals surface area contributed by atoms with E-state index in [1.54, 1.807) is 59.8 Å². The Balaban J connectivity index is 1.95. The molecule has 4 rings (SSSR count). The number of aromatic nitrogens is 4. The summed E-state index contributed by atoms with van der Waals surface area (Å²) < 4.78 is 28.2. The van der Waals surface area contributed by atoms with Crippen molar-refractivity contribution in [2.45, 2.75) is 16.8 Å². The van der Waals surface area contributed by atoms with Crippen LogP contribution in [0.5, 0.6) is 0 Å². The molecule has 0 aliphatic heterocycles. The normalized spacial score (nSPS) is 12.0. The molecule has 4 aromatic rings. The van der Waals surface area contributed by atoms with Crippen molar-refractivity contribution in [1.29, 1.82) is 0 Å². The van der Waals surface area contributed by atoms with Crippen LogP contribution in [0.1, 0.15) is 11.3 Å². The Morgan fingerprint density at radius 1 is 1.00 bits per heavy atom. The molecular weight excluding hydrogens is 434 g/mol. The Bertz CT molecular complexity index is 1380. The Hall–Kier alpha value is -3.23. The molecule has 2 heterocycles. The highest BCUT2D eigenvalue weighted by Crippen LogP contribution is 2.28. The third-order valence-corrected chi connectivity index (χ3v) is 6.64. The highest BCUT2D eigenvalue weighted by Gasteiger charge is 2.26. The molecule has 0 atom stereocenters. The van der Waals surface area contributed by atoms with Gasteiger partial charge in [0.2, 0.25) is 14.9 Å². The average Bonchev–Trinajstić information content (AvgIpc) is 3.17. The van der Waals surface area contributed by atoms with Gasteiger partial charge in [0.1, 0.15) is 5.69 Å². The van der Waals surface area contributed by atoms with Gasteiger partial charge in [-0.2, -0.15) is 5.10 Å². The molecule has 0 aliphatic carbocycles. The molecule has 0 unspecified atom stereocenters. The molecule has 9 heteroatoms. The SMILES string of the molecule is Cc1ccc(S(=O)(=O)c2nnc3c(-c4ccc(Cl)cc4)cnn3c2/C=C/N(C)C)cc1. The van der Waals surface area contributed by atoms with Crippen LogP contribution in [0, 0.1) is 6.92 Å². The van der Waals surface area contributed by atoms with Gasteiger partial charge in [-0.1, -0.05) is 41.4 Å². The minimum Gasteiger partial charge on any atom is -0.383 e. The number of halogens is 1. The van der Waals surface area contributed by atoms with Crippen LogP contribution in [0.4, 0.5) is 0 Å². The first-order chi connectivity index (χ1) is 14.8. The van der Waals surface area contributed by atoms with Gasteiger partial charge in [0.05, 0.1) is 11.1 Å². The fraction of sp³-hybridized carbons (Fsp3) is 0.136. The maximum atomic E-state index is 13.4. The first-order valence-electron chi connectivity index (χ1n) is 9.44. The van der Waals surface area contributed by atoms with Crippen LogP contribution in [0.3, 0.4) is 0 Å². The van der Waals surface area contributed by atoms with Crippen LogP contribution in [-0.4, -0.2) is 47.2 Å². The minimum absolute atomic E-state index is 0.149. The predicted molar refractivity (Wildman–Crippen MR) is 121 cm³/mol. The number of benzene rings is 2. The van der Waals surface area contributed by atoms with Gasteiger partial charge in [-0.25, -0.2) is 12.9 Å². The summed E-state index contributed by atoms with van der Waals surface area (Å²) in [5, 5.41) is 13.2. The predicted octanol–water partition coefficient (Wildman–Crippen LogP) is 4.12. The van der Waals surface area contributed by atoms with Gasteiger partial charge in [0, 0.05) is 30.9 Å². The zero-order valence-corrected chi connectivity index (χ0v) is 18.8. The van der Waals surface area contributed by atoms with Crippen molar-refractivity contribution >= 4 is 33.2 Å². The van der Waals surface area contributed by atoms with Crippen LogP contribution in [0.2, 0.25) is 5.02 Å². The summed E-state index contributed by atoms with van der Waals surface area (Å²) in [5.74, 6) is 0. The van der Waals surface area contributed by atoms with Gasteiger partial charge in [-0.15, -0.1) is 10.2 Å². The first-order valence-corrected chi connectivity index (χ1v) is 11.3. The third kappa shape index (κ3) is 4.04. The number of fused-ring (bicyclic) bond motifs is 1. The summed E-state index contributed by atoms with van der Waals surface area (Å²) >= 11 is 6.00. The van der Waals surface area contributed by atoms with Crippen molar-refractivity contribution in [3.63, 3.8) is 0 Å². The average molecular weight is 454 g/mol. The minimum atomic E-state index is -3.91. The molecule has 2 aromatic carbocycles. The number of nitrogens with zero attached hydrogens (tertiary/aromatic N) is 5. The number of rotatable bonds is 5. The molecule has 0 saturated heterocycles. The van der Waals surface area contributed by atoms with Gasteiger partial charge < -0.3 is 4.90 Å². The fourth-order valence-corrected chi connectivity index (χ4v) is 4.49. The summed E-state index contributed by atoms with van der Waals surface area (Å²) in [4.78, 5) is 1.95. The van der Waals surface area contributed by atoms with Gasteiger partial charge in [-0.3, -0.25) is 0 Å². The maximum absolute atomic E-state index is 13.4. The van der Waals surface area contributed by atoms with Gasteiger partial charge in [0.25, 0.3) is 0 Å². The standard InChI is InChI=1S/C22H20ClN5O2S/c1-15-4-10-18(11-5-15)31(29,30)22-20(12-13-27(2)3)28-21(25-26-22)19(14-24-28)16-6-8-17(23)9-7-16/h4-14H,1-3H3/b13-12+. The second-order valence-electron chi connectivity index (χ2n) is 7.29. The number of sulfone groups is 1. The Morgan fingerprint density at radius 2 is 1.68 bits per heavy atom. The van der Waals surface area contributed by atoms with Crippen LogP contribution in [0.15, 0.2) is 70.8 Å². The lowest BCUT2D eigenvalue weighted by Gasteiger charge is -2.10. The van der Waals surface area contributed by atoms with E-state index in [9.17, 15) is 8.42 Å². The van der Waals surface area contributed by atoms with E-state index in [1.165, 1.54) is 4.52 Å². The second-order valence-corrected chi connectivity index (χ2v) is 9.59. The van der Waals surface area contributed by atoms with Crippen LogP contribution >= 0.6 is 11.6 Å². The summed E-state index contributed by atoms with van der Waals surface area (Å²) in [5.41, 5.74) is 3.31. The van der Waals surface area contributed by atoms with E-state index < -0.39 is 9.84 Å². The molecule has 0 spiro atoms. The molecule has 0 amide bonds. The number of hydrogen-bond acceptors (Lipinski definition) is 6. The van der Waals surface area contributed by atoms with E-state index in [2.05, 4.69) is 15.3 Å². The van der Waals surface area contributed by atoms with Crippen LogP contribution in [-0.2, 0) is 9.84 Å². The van der Waals surface area contributed by atoms with Crippen molar-refractivity contribution in [2.24, 2.45) is 0 Å². The number of hydrogen-bond donors (Lipinski definition) is 0. The Kier molecular flexibility index (Phi) is 5.51. The zero-order chi connectivity index (χ0) is 22.2. The van der Waals surface area contributed by atoms with E-state index >= 15 is 0 Å². The van der Waals surface area contributed by atoms with Crippen molar-refractivity contribution in [1.82, 2.24) is 24.7 Å². The van der Waals surface area contributed by atoms with Crippen molar-refractivity contribution in [2.75, 3.05) is 14.1 Å². The summed E-state index contributed by atoms with van der Waals surface area (Å²) in [6.45, 7) is 1.90. The Labute approximate surface area is 185 Å². The maximum Gasteiger partial charge on any atom is 0.227 e. The summed E-state index contributed by atoms with van der Waals surface area (Å²) in [6.07, 6.45) is 5.05. The smallest absolute Gasteiger partial charge is 0.227 e. The molecular formula is C22H20ClN5O2S.